The number of ether oxygens (including phenoxy) is 2. The molecule has 3 nitrogen and oxygen atoms in total. The van der Waals surface area contributed by atoms with Crippen molar-refractivity contribution in [3.05, 3.63) is 12.7 Å². The van der Waals surface area contributed by atoms with Crippen LogP contribution in [0.5, 0.6) is 0 Å². The molecular weight excluding hydrogens is 294 g/mol. The van der Waals surface area contributed by atoms with Crippen molar-refractivity contribution in [3.63, 3.8) is 0 Å². The molecule has 0 N–H and O–H groups in total. The van der Waals surface area contributed by atoms with Crippen LogP contribution in [-0.2, 0) is 9.47 Å². The van der Waals surface area contributed by atoms with E-state index in [9.17, 15) is 31.1 Å². The van der Waals surface area contributed by atoms with E-state index >= 15 is 0 Å². The van der Waals surface area contributed by atoms with E-state index < -0.39 is 30.7 Å². The molecule has 118 valence electrons. The smallest absolute Gasteiger partial charge is 0.427 e. The van der Waals surface area contributed by atoms with Gasteiger partial charge in [0.15, 0.2) is 0 Å². The Morgan fingerprint density at radius 2 is 1.55 bits per heavy atom. The molecule has 20 heavy (non-hydrogen) atoms. The van der Waals surface area contributed by atoms with Crippen molar-refractivity contribution in [3.8, 4) is 0 Å². The molecule has 0 aromatic rings. The Bertz CT molecular complexity index is 320. The van der Waals surface area contributed by atoms with Crippen LogP contribution in [0.2, 0.25) is 0 Å². The Balaban J connectivity index is 4.74. The SMILES string of the molecule is C=CC(CC(C)C)OC(=O)OC(C(F)(F)F)C(F)(F)F. The zero-order valence-corrected chi connectivity index (χ0v) is 10.7. The lowest BCUT2D eigenvalue weighted by Crippen LogP contribution is -2.46. The highest BCUT2D eigenvalue weighted by Gasteiger charge is 2.60. The van der Waals surface area contributed by atoms with Gasteiger partial charge in [-0.3, -0.25) is 0 Å². The lowest BCUT2D eigenvalue weighted by atomic mass is 10.1. The lowest BCUT2D eigenvalue weighted by Gasteiger charge is -2.23. The van der Waals surface area contributed by atoms with Crippen LogP contribution in [0.3, 0.4) is 0 Å². The van der Waals surface area contributed by atoms with Crippen LogP contribution in [0.1, 0.15) is 20.3 Å². The second kappa shape index (κ2) is 6.85. The van der Waals surface area contributed by atoms with Gasteiger partial charge in [0.05, 0.1) is 0 Å². The van der Waals surface area contributed by atoms with Crippen molar-refractivity contribution in [2.75, 3.05) is 0 Å². The summed E-state index contributed by atoms with van der Waals surface area (Å²) in [5, 5.41) is 0. The quantitative estimate of drug-likeness (QED) is 0.433. The molecule has 0 heterocycles. The molecule has 0 radical (unpaired) electrons. The Kier molecular flexibility index (Phi) is 6.36. The van der Waals surface area contributed by atoms with Crippen LogP contribution in [0.4, 0.5) is 31.1 Å². The van der Waals surface area contributed by atoms with Crippen LogP contribution in [0.25, 0.3) is 0 Å². The first-order chi connectivity index (χ1) is 8.87. The van der Waals surface area contributed by atoms with Gasteiger partial charge in [-0.2, -0.15) is 26.3 Å². The normalized spacial score (nSPS) is 14.3. The summed E-state index contributed by atoms with van der Waals surface area (Å²) in [7, 11) is 0. The van der Waals surface area contributed by atoms with Gasteiger partial charge in [0.2, 0.25) is 0 Å². The van der Waals surface area contributed by atoms with Gasteiger partial charge in [0.25, 0.3) is 6.10 Å². The maximum atomic E-state index is 12.1. The summed E-state index contributed by atoms with van der Waals surface area (Å²) in [5.74, 6) is -0.00757. The van der Waals surface area contributed by atoms with Crippen LogP contribution >= 0.6 is 0 Å². The van der Waals surface area contributed by atoms with Crippen LogP contribution in [-0.4, -0.2) is 30.7 Å². The first-order valence-corrected chi connectivity index (χ1v) is 5.51. The van der Waals surface area contributed by atoms with E-state index in [0.29, 0.717) is 0 Å². The highest BCUT2D eigenvalue weighted by molar-refractivity contribution is 5.60. The standard InChI is InChI=1S/C11H14F6O3/c1-4-7(5-6(2)3)19-9(18)20-8(10(12,13)14)11(15,16)17/h4,6-8H,1,5H2,2-3H3. The van der Waals surface area contributed by atoms with Gasteiger partial charge in [0, 0.05) is 0 Å². The third kappa shape index (κ3) is 6.67. The molecule has 1 unspecified atom stereocenters. The van der Waals surface area contributed by atoms with Crippen LogP contribution in [0, 0.1) is 5.92 Å². The van der Waals surface area contributed by atoms with Crippen molar-refractivity contribution in [2.24, 2.45) is 5.92 Å². The molecular formula is C11H14F6O3. The molecule has 0 aromatic heterocycles. The van der Waals surface area contributed by atoms with Crippen LogP contribution in [0.15, 0.2) is 12.7 Å². The number of hydrogen-bond donors (Lipinski definition) is 0. The number of carbonyl (C=O) groups excluding carboxylic acids is 1. The van der Waals surface area contributed by atoms with E-state index in [2.05, 4.69) is 16.1 Å². The minimum absolute atomic E-state index is 0.00757. The number of alkyl halides is 6. The fourth-order valence-corrected chi connectivity index (χ4v) is 1.22. The first-order valence-electron chi connectivity index (χ1n) is 5.51. The van der Waals surface area contributed by atoms with E-state index in [0.717, 1.165) is 6.08 Å². The largest absolute Gasteiger partial charge is 0.509 e. The van der Waals surface area contributed by atoms with Gasteiger partial charge in [-0.25, -0.2) is 4.79 Å². The minimum Gasteiger partial charge on any atom is -0.427 e. The van der Waals surface area contributed by atoms with Gasteiger partial charge in [-0.1, -0.05) is 26.5 Å². The summed E-state index contributed by atoms with van der Waals surface area (Å²) in [4.78, 5) is 11.0. The molecule has 0 spiro atoms. The zero-order valence-electron chi connectivity index (χ0n) is 10.7. The molecule has 9 heteroatoms. The molecule has 0 aromatic carbocycles. The third-order valence-corrected chi connectivity index (χ3v) is 2.02. The zero-order chi connectivity index (χ0) is 16.1. The predicted molar refractivity (Wildman–Crippen MR) is 56.9 cm³/mol. The molecule has 0 saturated carbocycles. The number of carbonyl (C=O) groups is 1. The van der Waals surface area contributed by atoms with Crippen molar-refractivity contribution in [1.29, 1.82) is 0 Å². The Labute approximate surface area is 111 Å². The molecule has 0 bridgehead atoms. The second-order valence-corrected chi connectivity index (χ2v) is 4.35. The van der Waals surface area contributed by atoms with E-state index in [4.69, 9.17) is 0 Å². The van der Waals surface area contributed by atoms with Crippen molar-refractivity contribution < 1.29 is 40.6 Å². The summed E-state index contributed by atoms with van der Waals surface area (Å²) in [6.45, 7) is 6.71. The molecule has 0 fully saturated rings. The van der Waals surface area contributed by atoms with Crippen molar-refractivity contribution in [2.45, 2.75) is 44.8 Å². The third-order valence-electron chi connectivity index (χ3n) is 2.02. The topological polar surface area (TPSA) is 35.5 Å². The summed E-state index contributed by atoms with van der Waals surface area (Å²) in [6.07, 6.45) is -17.5. The molecule has 1 atom stereocenters. The Morgan fingerprint density at radius 3 is 1.85 bits per heavy atom. The highest BCUT2D eigenvalue weighted by Crippen LogP contribution is 2.36. The Morgan fingerprint density at radius 1 is 1.10 bits per heavy atom. The first kappa shape index (κ1) is 18.6. The Hall–Kier alpha value is -1.41. The predicted octanol–water partition coefficient (Wildman–Crippen LogP) is 4.23. The lowest BCUT2D eigenvalue weighted by molar-refractivity contribution is -0.310. The summed E-state index contributed by atoms with van der Waals surface area (Å²) >= 11 is 0. The molecule has 0 aliphatic heterocycles. The van der Waals surface area contributed by atoms with Gasteiger partial charge in [0.1, 0.15) is 6.10 Å². The maximum Gasteiger partial charge on any atom is 0.509 e. The van der Waals surface area contributed by atoms with Crippen molar-refractivity contribution >= 4 is 6.16 Å². The van der Waals surface area contributed by atoms with Crippen molar-refractivity contribution in [1.82, 2.24) is 0 Å². The maximum absolute atomic E-state index is 12.1. The fraction of sp³-hybridized carbons (Fsp3) is 0.727. The average molecular weight is 308 g/mol. The fourth-order valence-electron chi connectivity index (χ4n) is 1.22. The second-order valence-electron chi connectivity index (χ2n) is 4.35. The highest BCUT2D eigenvalue weighted by atomic mass is 19.4. The molecule has 0 aliphatic carbocycles. The van der Waals surface area contributed by atoms with Gasteiger partial charge >= 0.3 is 18.5 Å². The van der Waals surface area contributed by atoms with E-state index in [1.807, 2.05) is 0 Å². The molecule has 0 aliphatic rings. The minimum atomic E-state index is -5.76. The van der Waals surface area contributed by atoms with E-state index in [-0.39, 0.29) is 12.3 Å². The summed E-state index contributed by atoms with van der Waals surface area (Å²) < 4.78 is 80.5. The summed E-state index contributed by atoms with van der Waals surface area (Å²) in [6, 6.07) is 0. The van der Waals surface area contributed by atoms with E-state index in [1.165, 1.54) is 0 Å². The van der Waals surface area contributed by atoms with E-state index in [1.54, 1.807) is 13.8 Å². The number of hydrogen-bond acceptors (Lipinski definition) is 3. The monoisotopic (exact) mass is 308 g/mol. The molecule has 0 rings (SSSR count). The van der Waals surface area contributed by atoms with Gasteiger partial charge in [-0.05, 0) is 12.3 Å². The number of rotatable bonds is 5. The van der Waals surface area contributed by atoms with Crippen LogP contribution < -0.4 is 0 Å². The van der Waals surface area contributed by atoms with Gasteiger partial charge in [-0.15, -0.1) is 0 Å². The molecule has 0 saturated heterocycles. The average Bonchev–Trinajstić information content (AvgIpc) is 2.21. The molecule has 0 amide bonds. The summed E-state index contributed by atoms with van der Waals surface area (Å²) in [5.41, 5.74) is 0. The number of halogens is 6. The van der Waals surface area contributed by atoms with Gasteiger partial charge < -0.3 is 9.47 Å².